The minimum absolute atomic E-state index is 0.0406. The van der Waals surface area contributed by atoms with Gasteiger partial charge in [0.1, 0.15) is 0 Å². The predicted molar refractivity (Wildman–Crippen MR) is 83.6 cm³/mol. The number of methoxy groups -OCH3 is 1. The molecule has 0 spiro atoms. The SMILES string of the molecule is CCNC(C1=CCCCCCC1)C(CC)(CC)OC. The lowest BCUT2D eigenvalue weighted by Gasteiger charge is -2.41. The summed E-state index contributed by atoms with van der Waals surface area (Å²) in [5, 5.41) is 3.70. The monoisotopic (exact) mass is 267 g/mol. The standard InChI is InChI=1S/C17H33NO/c1-5-17(6-2,19-4)16(18-7-3)15-13-11-9-8-10-12-14-15/h13,16,18H,5-12,14H2,1-4H3. The molecule has 1 rings (SSSR count). The van der Waals surface area contributed by atoms with Crippen molar-refractivity contribution in [3.05, 3.63) is 11.6 Å². The Kier molecular flexibility index (Phi) is 7.70. The number of rotatable bonds is 7. The van der Waals surface area contributed by atoms with Crippen molar-refractivity contribution in [1.29, 1.82) is 0 Å². The average Bonchev–Trinajstić information content (AvgIpc) is 2.40. The van der Waals surface area contributed by atoms with Crippen LogP contribution in [0.3, 0.4) is 0 Å². The van der Waals surface area contributed by atoms with Crippen molar-refractivity contribution in [2.45, 2.75) is 83.8 Å². The predicted octanol–water partition coefficient (Wildman–Crippen LogP) is 4.45. The van der Waals surface area contributed by atoms with Crippen LogP contribution in [-0.4, -0.2) is 25.3 Å². The number of hydrogen-bond acceptors (Lipinski definition) is 2. The van der Waals surface area contributed by atoms with Gasteiger partial charge in [-0.25, -0.2) is 0 Å². The van der Waals surface area contributed by atoms with Crippen LogP contribution in [0, 0.1) is 0 Å². The van der Waals surface area contributed by atoms with Gasteiger partial charge in [-0.2, -0.15) is 0 Å². The molecule has 1 aliphatic carbocycles. The van der Waals surface area contributed by atoms with Gasteiger partial charge in [-0.1, -0.05) is 45.3 Å². The minimum atomic E-state index is -0.0406. The third kappa shape index (κ3) is 4.32. The molecule has 0 amide bonds. The summed E-state index contributed by atoms with van der Waals surface area (Å²) < 4.78 is 5.97. The van der Waals surface area contributed by atoms with E-state index < -0.39 is 0 Å². The largest absolute Gasteiger partial charge is 0.376 e. The molecule has 1 N–H and O–H groups in total. The van der Waals surface area contributed by atoms with Crippen LogP contribution in [0.25, 0.3) is 0 Å². The van der Waals surface area contributed by atoms with Crippen LogP contribution in [-0.2, 0) is 4.74 Å². The van der Waals surface area contributed by atoms with Gasteiger partial charge in [0.25, 0.3) is 0 Å². The maximum absolute atomic E-state index is 5.97. The van der Waals surface area contributed by atoms with E-state index in [0.29, 0.717) is 6.04 Å². The van der Waals surface area contributed by atoms with Crippen molar-refractivity contribution in [2.75, 3.05) is 13.7 Å². The Morgan fingerprint density at radius 1 is 1.16 bits per heavy atom. The molecule has 0 radical (unpaired) electrons. The quantitative estimate of drug-likeness (QED) is 0.688. The van der Waals surface area contributed by atoms with Crippen LogP contribution < -0.4 is 5.32 Å². The summed E-state index contributed by atoms with van der Waals surface area (Å²) in [5.41, 5.74) is 1.55. The summed E-state index contributed by atoms with van der Waals surface area (Å²) in [5.74, 6) is 0. The lowest BCUT2D eigenvalue weighted by molar-refractivity contribution is -0.0384. The first-order chi connectivity index (χ1) is 9.24. The molecule has 0 bridgehead atoms. The number of allylic oxidation sites excluding steroid dienone is 1. The summed E-state index contributed by atoms with van der Waals surface area (Å²) in [7, 11) is 1.88. The summed E-state index contributed by atoms with van der Waals surface area (Å²) >= 11 is 0. The maximum atomic E-state index is 5.97. The van der Waals surface area contributed by atoms with Gasteiger partial charge in [-0.05, 0) is 45.1 Å². The van der Waals surface area contributed by atoms with E-state index >= 15 is 0 Å². The van der Waals surface area contributed by atoms with Gasteiger partial charge in [0.05, 0.1) is 11.6 Å². The Labute approximate surface area is 120 Å². The maximum Gasteiger partial charge on any atom is 0.0864 e. The van der Waals surface area contributed by atoms with Crippen molar-refractivity contribution in [3.63, 3.8) is 0 Å². The molecule has 0 aromatic heterocycles. The number of ether oxygens (including phenoxy) is 1. The normalized spacial score (nSPS) is 19.5. The van der Waals surface area contributed by atoms with Crippen LogP contribution in [0.5, 0.6) is 0 Å². The zero-order valence-corrected chi connectivity index (χ0v) is 13.4. The Hall–Kier alpha value is -0.340. The smallest absolute Gasteiger partial charge is 0.0864 e. The van der Waals surface area contributed by atoms with Crippen molar-refractivity contribution in [3.8, 4) is 0 Å². The molecule has 0 aliphatic heterocycles. The van der Waals surface area contributed by atoms with Gasteiger partial charge in [-0.15, -0.1) is 0 Å². The fourth-order valence-electron chi connectivity index (χ4n) is 3.40. The molecule has 0 aromatic rings. The molecular weight excluding hydrogens is 234 g/mol. The third-order valence-corrected chi connectivity index (χ3v) is 4.73. The van der Waals surface area contributed by atoms with E-state index in [9.17, 15) is 0 Å². The summed E-state index contributed by atoms with van der Waals surface area (Å²) in [4.78, 5) is 0. The Bertz CT molecular complexity index is 260. The first-order valence-electron chi connectivity index (χ1n) is 8.21. The average molecular weight is 267 g/mol. The molecule has 0 aromatic carbocycles. The van der Waals surface area contributed by atoms with Crippen LogP contribution in [0.4, 0.5) is 0 Å². The van der Waals surface area contributed by atoms with E-state index in [-0.39, 0.29) is 5.60 Å². The van der Waals surface area contributed by atoms with Crippen molar-refractivity contribution >= 4 is 0 Å². The van der Waals surface area contributed by atoms with Crippen LogP contribution >= 0.6 is 0 Å². The third-order valence-electron chi connectivity index (χ3n) is 4.73. The van der Waals surface area contributed by atoms with Crippen molar-refractivity contribution in [2.24, 2.45) is 0 Å². The van der Waals surface area contributed by atoms with Crippen molar-refractivity contribution < 1.29 is 4.74 Å². The van der Waals surface area contributed by atoms with Gasteiger partial charge < -0.3 is 10.1 Å². The molecule has 2 heteroatoms. The second kappa shape index (κ2) is 8.76. The second-order valence-corrected chi connectivity index (χ2v) is 5.70. The van der Waals surface area contributed by atoms with Gasteiger partial charge >= 0.3 is 0 Å². The summed E-state index contributed by atoms with van der Waals surface area (Å²) in [6, 6.07) is 0.385. The van der Waals surface area contributed by atoms with E-state index in [2.05, 4.69) is 32.2 Å². The molecule has 0 fully saturated rings. The molecule has 19 heavy (non-hydrogen) atoms. The van der Waals surface area contributed by atoms with Crippen LogP contribution in [0.2, 0.25) is 0 Å². The lowest BCUT2D eigenvalue weighted by Crippen LogP contribution is -2.52. The van der Waals surface area contributed by atoms with Gasteiger partial charge in [0, 0.05) is 7.11 Å². The summed E-state index contributed by atoms with van der Waals surface area (Å²) in [6.45, 7) is 7.71. The highest BCUT2D eigenvalue weighted by atomic mass is 16.5. The highest BCUT2D eigenvalue weighted by Gasteiger charge is 2.37. The topological polar surface area (TPSA) is 21.3 Å². The highest BCUT2D eigenvalue weighted by molar-refractivity contribution is 5.18. The molecular formula is C17H33NO. The van der Waals surface area contributed by atoms with Gasteiger partial charge in [-0.3, -0.25) is 0 Å². The fraction of sp³-hybridized carbons (Fsp3) is 0.882. The Morgan fingerprint density at radius 3 is 2.42 bits per heavy atom. The van der Waals surface area contributed by atoms with Crippen LogP contribution in [0.1, 0.15) is 72.1 Å². The molecule has 1 unspecified atom stereocenters. The fourth-order valence-corrected chi connectivity index (χ4v) is 3.40. The molecule has 0 saturated carbocycles. The molecule has 1 atom stereocenters. The second-order valence-electron chi connectivity index (χ2n) is 5.70. The van der Waals surface area contributed by atoms with Gasteiger partial charge in [0.2, 0.25) is 0 Å². The first kappa shape index (κ1) is 16.7. The molecule has 1 aliphatic rings. The first-order valence-corrected chi connectivity index (χ1v) is 8.21. The van der Waals surface area contributed by atoms with E-state index in [4.69, 9.17) is 4.74 Å². The Morgan fingerprint density at radius 2 is 1.84 bits per heavy atom. The van der Waals surface area contributed by atoms with E-state index in [0.717, 1.165) is 19.4 Å². The lowest BCUT2D eigenvalue weighted by atomic mass is 9.80. The molecule has 0 saturated heterocycles. The van der Waals surface area contributed by atoms with E-state index in [1.165, 1.54) is 38.5 Å². The van der Waals surface area contributed by atoms with Gasteiger partial charge in [0.15, 0.2) is 0 Å². The number of hydrogen-bond donors (Lipinski definition) is 1. The zero-order valence-electron chi connectivity index (χ0n) is 13.4. The molecule has 112 valence electrons. The molecule has 0 heterocycles. The Balaban J connectivity index is 2.95. The number of likely N-dealkylation sites (N-methyl/N-ethyl adjacent to an activating group) is 1. The van der Waals surface area contributed by atoms with E-state index in [1.807, 2.05) is 7.11 Å². The minimum Gasteiger partial charge on any atom is -0.376 e. The van der Waals surface area contributed by atoms with Crippen LogP contribution in [0.15, 0.2) is 11.6 Å². The van der Waals surface area contributed by atoms with E-state index in [1.54, 1.807) is 5.57 Å². The highest BCUT2D eigenvalue weighted by Crippen LogP contribution is 2.32. The number of nitrogens with one attached hydrogen (secondary N) is 1. The summed E-state index contributed by atoms with van der Waals surface area (Å²) in [6.07, 6.45) is 12.6. The zero-order chi connectivity index (χ0) is 14.1. The molecule has 2 nitrogen and oxygen atoms in total. The van der Waals surface area contributed by atoms with Crippen molar-refractivity contribution in [1.82, 2.24) is 5.32 Å².